The van der Waals surface area contributed by atoms with E-state index in [1.165, 1.54) is 5.56 Å². The fourth-order valence-corrected chi connectivity index (χ4v) is 3.43. The molecule has 0 aliphatic carbocycles. The first kappa shape index (κ1) is 20.1. The molecule has 0 fully saturated rings. The maximum Gasteiger partial charge on any atom is 0.0935 e. The van der Waals surface area contributed by atoms with Crippen molar-refractivity contribution in [2.45, 2.75) is 50.9 Å². The molecule has 2 aromatic rings. The zero-order valence-electron chi connectivity index (χ0n) is 15.2. The second-order valence-corrected chi connectivity index (χ2v) is 8.28. The van der Waals surface area contributed by atoms with E-state index < -0.39 is 11.2 Å². The monoisotopic (exact) mass is 405 g/mol. The van der Waals surface area contributed by atoms with Crippen molar-refractivity contribution in [1.29, 1.82) is 0 Å². The van der Waals surface area contributed by atoms with E-state index in [1.807, 2.05) is 42.5 Å². The van der Waals surface area contributed by atoms with Gasteiger partial charge in [-0.15, -0.1) is 0 Å². The Hall–Kier alpha value is -1.20. The van der Waals surface area contributed by atoms with Gasteiger partial charge in [0.05, 0.1) is 11.2 Å². The fourth-order valence-electron chi connectivity index (χ4n) is 3.16. The largest absolute Gasteiger partial charge is 0.390 e. The van der Waals surface area contributed by atoms with Crippen LogP contribution in [0.5, 0.6) is 0 Å². The van der Waals surface area contributed by atoms with Gasteiger partial charge in [0.15, 0.2) is 0 Å². The Labute approximate surface area is 159 Å². The lowest BCUT2D eigenvalue weighted by atomic mass is 9.81. The molecule has 2 atom stereocenters. The second kappa shape index (κ2) is 8.45. The molecule has 0 bridgehead atoms. The number of hydrogen-bond donors (Lipinski definition) is 3. The van der Waals surface area contributed by atoms with Crippen LogP contribution in [0.4, 0.5) is 0 Å². The molecule has 0 radical (unpaired) electrons. The molecule has 0 heterocycles. The van der Waals surface area contributed by atoms with Crippen LogP contribution in [-0.4, -0.2) is 22.4 Å². The molecule has 0 aliphatic rings. The second-order valence-electron chi connectivity index (χ2n) is 7.36. The highest BCUT2D eigenvalue weighted by atomic mass is 79.9. The number of aliphatic hydroxyl groups is 2. The van der Waals surface area contributed by atoms with Crippen LogP contribution >= 0.6 is 15.9 Å². The molecule has 0 amide bonds. The van der Waals surface area contributed by atoms with E-state index in [4.69, 9.17) is 0 Å². The molecule has 2 rings (SSSR count). The van der Waals surface area contributed by atoms with Crippen LogP contribution in [0.15, 0.2) is 59.1 Å². The van der Waals surface area contributed by atoms with Crippen molar-refractivity contribution in [3.8, 4) is 0 Å². The number of hydrogen-bond acceptors (Lipinski definition) is 3. The van der Waals surface area contributed by atoms with Gasteiger partial charge in [-0.1, -0.05) is 58.4 Å². The normalized spacial score (nSPS) is 15.6. The SMILES string of the molecule is CC(NCCC(O)(CC(C)(C)O)c1ccccc1)c1ccc(Br)cc1. The summed E-state index contributed by atoms with van der Waals surface area (Å²) in [6, 6.07) is 18.0. The number of halogens is 1. The third-order valence-corrected chi connectivity index (χ3v) is 4.92. The Morgan fingerprint density at radius 1 is 1.00 bits per heavy atom. The zero-order chi connectivity index (χ0) is 18.5. The maximum atomic E-state index is 11.2. The summed E-state index contributed by atoms with van der Waals surface area (Å²) in [6.45, 7) is 6.23. The van der Waals surface area contributed by atoms with Crippen LogP contribution in [0.25, 0.3) is 0 Å². The fraction of sp³-hybridized carbons (Fsp3) is 0.429. The Morgan fingerprint density at radius 2 is 1.60 bits per heavy atom. The third kappa shape index (κ3) is 6.23. The maximum absolute atomic E-state index is 11.2. The molecule has 0 saturated carbocycles. The van der Waals surface area contributed by atoms with Crippen molar-refractivity contribution < 1.29 is 10.2 Å². The van der Waals surface area contributed by atoms with E-state index in [9.17, 15) is 10.2 Å². The van der Waals surface area contributed by atoms with E-state index in [0.29, 0.717) is 19.4 Å². The van der Waals surface area contributed by atoms with E-state index >= 15 is 0 Å². The van der Waals surface area contributed by atoms with Crippen molar-refractivity contribution >= 4 is 15.9 Å². The molecule has 2 aromatic carbocycles. The minimum Gasteiger partial charge on any atom is -0.390 e. The van der Waals surface area contributed by atoms with Crippen LogP contribution in [0.1, 0.15) is 50.8 Å². The highest BCUT2D eigenvalue weighted by molar-refractivity contribution is 9.10. The van der Waals surface area contributed by atoms with Gasteiger partial charge in [-0.2, -0.15) is 0 Å². The van der Waals surface area contributed by atoms with Gasteiger partial charge in [0.2, 0.25) is 0 Å². The molecule has 136 valence electrons. The van der Waals surface area contributed by atoms with Crippen LogP contribution in [0.2, 0.25) is 0 Å². The van der Waals surface area contributed by atoms with Gasteiger partial charge in [0.25, 0.3) is 0 Å². The van der Waals surface area contributed by atoms with Crippen molar-refractivity contribution in [2.75, 3.05) is 6.54 Å². The molecule has 0 saturated heterocycles. The average molecular weight is 406 g/mol. The summed E-state index contributed by atoms with van der Waals surface area (Å²) in [5.74, 6) is 0. The summed E-state index contributed by atoms with van der Waals surface area (Å²) in [6.07, 6.45) is 0.820. The van der Waals surface area contributed by atoms with Gasteiger partial charge in [-0.25, -0.2) is 0 Å². The predicted octanol–water partition coefficient (Wildman–Crippen LogP) is 4.54. The van der Waals surface area contributed by atoms with Gasteiger partial charge in [0.1, 0.15) is 0 Å². The quantitative estimate of drug-likeness (QED) is 0.604. The van der Waals surface area contributed by atoms with E-state index in [1.54, 1.807) is 13.8 Å². The molecule has 0 spiro atoms. The van der Waals surface area contributed by atoms with E-state index in [-0.39, 0.29) is 6.04 Å². The lowest BCUT2D eigenvalue weighted by Crippen LogP contribution is -2.38. The Balaban J connectivity index is 2.03. The summed E-state index contributed by atoms with van der Waals surface area (Å²) in [7, 11) is 0. The first-order valence-electron chi connectivity index (χ1n) is 8.69. The summed E-state index contributed by atoms with van der Waals surface area (Å²) in [4.78, 5) is 0. The Morgan fingerprint density at radius 3 is 2.16 bits per heavy atom. The topological polar surface area (TPSA) is 52.5 Å². The van der Waals surface area contributed by atoms with E-state index in [2.05, 4.69) is 40.3 Å². The standard InChI is InChI=1S/C21H28BrNO2/c1-16(17-9-11-19(22)12-10-17)23-14-13-21(25,15-20(2,3)24)18-7-5-4-6-8-18/h4-12,16,23-25H,13-15H2,1-3H3. The van der Waals surface area contributed by atoms with Crippen LogP contribution in [0.3, 0.4) is 0 Å². The van der Waals surface area contributed by atoms with Crippen LogP contribution < -0.4 is 5.32 Å². The average Bonchev–Trinajstić information content (AvgIpc) is 2.54. The molecule has 3 N–H and O–H groups in total. The minimum absolute atomic E-state index is 0.190. The predicted molar refractivity (Wildman–Crippen MR) is 106 cm³/mol. The summed E-state index contributed by atoms with van der Waals surface area (Å²) >= 11 is 3.45. The highest BCUT2D eigenvalue weighted by Gasteiger charge is 2.34. The molecule has 25 heavy (non-hydrogen) atoms. The van der Waals surface area contributed by atoms with Crippen LogP contribution in [-0.2, 0) is 5.60 Å². The van der Waals surface area contributed by atoms with Crippen molar-refractivity contribution in [1.82, 2.24) is 5.32 Å². The molecular weight excluding hydrogens is 378 g/mol. The van der Waals surface area contributed by atoms with Gasteiger partial charge < -0.3 is 15.5 Å². The summed E-state index contributed by atoms with van der Waals surface area (Å²) in [5.41, 5.74) is 0.0394. The van der Waals surface area contributed by atoms with E-state index in [0.717, 1.165) is 10.0 Å². The number of benzene rings is 2. The van der Waals surface area contributed by atoms with Crippen molar-refractivity contribution in [2.24, 2.45) is 0 Å². The Kier molecular flexibility index (Phi) is 6.80. The Bertz CT molecular complexity index is 652. The van der Waals surface area contributed by atoms with Crippen molar-refractivity contribution in [3.63, 3.8) is 0 Å². The molecule has 2 unspecified atom stereocenters. The van der Waals surface area contributed by atoms with Crippen molar-refractivity contribution in [3.05, 3.63) is 70.2 Å². The molecule has 3 nitrogen and oxygen atoms in total. The summed E-state index contributed by atoms with van der Waals surface area (Å²) in [5, 5.41) is 24.9. The lowest BCUT2D eigenvalue weighted by molar-refractivity contribution is -0.0555. The number of nitrogens with one attached hydrogen (secondary N) is 1. The lowest BCUT2D eigenvalue weighted by Gasteiger charge is -2.34. The van der Waals surface area contributed by atoms with Gasteiger partial charge in [0, 0.05) is 16.9 Å². The van der Waals surface area contributed by atoms with Gasteiger partial charge >= 0.3 is 0 Å². The molecule has 0 aromatic heterocycles. The van der Waals surface area contributed by atoms with Gasteiger partial charge in [-0.05, 0) is 57.0 Å². The molecule has 0 aliphatic heterocycles. The molecular formula is C21H28BrNO2. The first-order chi connectivity index (χ1) is 11.7. The summed E-state index contributed by atoms with van der Waals surface area (Å²) < 4.78 is 1.06. The third-order valence-electron chi connectivity index (χ3n) is 4.40. The first-order valence-corrected chi connectivity index (χ1v) is 9.48. The number of rotatable bonds is 8. The van der Waals surface area contributed by atoms with Gasteiger partial charge in [-0.3, -0.25) is 0 Å². The highest BCUT2D eigenvalue weighted by Crippen LogP contribution is 2.33. The minimum atomic E-state index is -1.06. The molecule has 4 heteroatoms. The smallest absolute Gasteiger partial charge is 0.0935 e. The zero-order valence-corrected chi connectivity index (χ0v) is 16.8. The van der Waals surface area contributed by atoms with Crippen LogP contribution in [0, 0.1) is 0 Å².